The first-order valence-corrected chi connectivity index (χ1v) is 11.4. The van der Waals surface area contributed by atoms with Crippen LogP contribution in [0.2, 0.25) is 0 Å². The molecular formula is C28H28N4O3. The third kappa shape index (κ3) is 6.02. The number of para-hydroxylation sites is 1. The number of anilines is 1. The second-order valence-corrected chi connectivity index (χ2v) is 8.16. The number of nitrogens with zero attached hydrogens (tertiary/aromatic N) is 3. The van der Waals surface area contributed by atoms with Crippen molar-refractivity contribution in [1.29, 1.82) is 0 Å². The molecule has 0 radical (unpaired) electrons. The minimum absolute atomic E-state index is 0.127. The molecule has 3 aromatic carbocycles. The van der Waals surface area contributed by atoms with Gasteiger partial charge >= 0.3 is 0 Å². The van der Waals surface area contributed by atoms with E-state index in [2.05, 4.69) is 10.3 Å². The lowest BCUT2D eigenvalue weighted by Gasteiger charge is -2.22. The first-order chi connectivity index (χ1) is 17.0. The maximum atomic E-state index is 13.1. The fraction of sp³-hybridized carbons (Fsp3) is 0.179. The van der Waals surface area contributed by atoms with Crippen molar-refractivity contribution in [3.63, 3.8) is 0 Å². The molecule has 2 amide bonds. The largest absolute Gasteiger partial charge is 0.383 e. The quantitative estimate of drug-likeness (QED) is 0.390. The number of hydrogen-bond donors (Lipinski definition) is 1. The van der Waals surface area contributed by atoms with Crippen LogP contribution in [0.25, 0.3) is 16.9 Å². The third-order valence-corrected chi connectivity index (χ3v) is 5.55. The van der Waals surface area contributed by atoms with Crippen molar-refractivity contribution >= 4 is 17.8 Å². The van der Waals surface area contributed by atoms with Gasteiger partial charge in [-0.3, -0.25) is 19.5 Å². The van der Waals surface area contributed by atoms with E-state index in [0.29, 0.717) is 24.7 Å². The van der Waals surface area contributed by atoms with Crippen molar-refractivity contribution in [2.45, 2.75) is 6.92 Å². The second-order valence-electron chi connectivity index (χ2n) is 8.16. The van der Waals surface area contributed by atoms with Gasteiger partial charge in [-0.05, 0) is 31.2 Å². The summed E-state index contributed by atoms with van der Waals surface area (Å²) in [6, 6.07) is 26.7. The molecule has 0 atom stereocenters. The Bertz CT molecular complexity index is 1270. The molecule has 1 heterocycles. The Morgan fingerprint density at radius 3 is 2.26 bits per heavy atom. The Morgan fingerprint density at radius 2 is 1.60 bits per heavy atom. The number of carbonyl (C=O) groups is 2. The summed E-state index contributed by atoms with van der Waals surface area (Å²) in [6.45, 7) is 2.45. The average Bonchev–Trinajstić information content (AvgIpc) is 3.31. The van der Waals surface area contributed by atoms with Gasteiger partial charge in [0.25, 0.3) is 5.91 Å². The highest BCUT2D eigenvalue weighted by molar-refractivity contribution is 5.99. The molecular weight excluding hydrogens is 440 g/mol. The Kier molecular flexibility index (Phi) is 7.70. The molecule has 35 heavy (non-hydrogen) atoms. The van der Waals surface area contributed by atoms with Crippen molar-refractivity contribution in [1.82, 2.24) is 14.5 Å². The molecule has 0 fully saturated rings. The van der Waals surface area contributed by atoms with Crippen LogP contribution in [0.5, 0.6) is 0 Å². The first kappa shape index (κ1) is 23.9. The van der Waals surface area contributed by atoms with E-state index in [1.807, 2.05) is 90.5 Å². The summed E-state index contributed by atoms with van der Waals surface area (Å²) >= 11 is 0. The summed E-state index contributed by atoms with van der Waals surface area (Å²) in [5.41, 5.74) is 4.12. The van der Waals surface area contributed by atoms with Crippen LogP contribution in [0, 0.1) is 6.92 Å². The van der Waals surface area contributed by atoms with E-state index in [4.69, 9.17) is 4.74 Å². The summed E-state index contributed by atoms with van der Waals surface area (Å²) in [6.07, 6.45) is 1.89. The molecule has 1 N–H and O–H groups in total. The zero-order valence-electron chi connectivity index (χ0n) is 19.8. The number of nitrogens with one attached hydrogen (secondary N) is 1. The molecule has 4 rings (SSSR count). The van der Waals surface area contributed by atoms with Crippen LogP contribution >= 0.6 is 0 Å². The SMILES string of the molecule is COCCN(CC(=O)Nc1nc(-c2ccccc2)cn1-c1ccccc1)C(=O)c1ccc(C)cc1. The highest BCUT2D eigenvalue weighted by atomic mass is 16.5. The zero-order valence-corrected chi connectivity index (χ0v) is 19.8. The van der Waals surface area contributed by atoms with Gasteiger partial charge in [0.1, 0.15) is 6.54 Å². The first-order valence-electron chi connectivity index (χ1n) is 11.4. The van der Waals surface area contributed by atoms with Crippen molar-refractivity contribution in [3.05, 3.63) is 102 Å². The molecule has 178 valence electrons. The number of ether oxygens (including phenoxy) is 1. The lowest BCUT2D eigenvalue weighted by atomic mass is 10.1. The van der Waals surface area contributed by atoms with Gasteiger partial charge in [-0.2, -0.15) is 0 Å². The second kappa shape index (κ2) is 11.3. The normalized spacial score (nSPS) is 10.7. The zero-order chi connectivity index (χ0) is 24.6. The minimum Gasteiger partial charge on any atom is -0.383 e. The Labute approximate surface area is 205 Å². The highest BCUT2D eigenvalue weighted by Gasteiger charge is 2.21. The molecule has 0 saturated carbocycles. The Hall–Kier alpha value is -4.23. The fourth-order valence-corrected chi connectivity index (χ4v) is 3.67. The smallest absolute Gasteiger partial charge is 0.254 e. The number of rotatable bonds is 9. The summed E-state index contributed by atoms with van der Waals surface area (Å²) in [5.74, 6) is -0.188. The van der Waals surface area contributed by atoms with E-state index < -0.39 is 0 Å². The van der Waals surface area contributed by atoms with E-state index in [9.17, 15) is 9.59 Å². The van der Waals surface area contributed by atoms with Crippen LogP contribution in [0.4, 0.5) is 5.95 Å². The van der Waals surface area contributed by atoms with Gasteiger partial charge in [0.15, 0.2) is 0 Å². The van der Waals surface area contributed by atoms with Gasteiger partial charge in [-0.15, -0.1) is 0 Å². The molecule has 0 spiro atoms. The molecule has 7 heteroatoms. The van der Waals surface area contributed by atoms with Crippen LogP contribution in [-0.4, -0.2) is 53.1 Å². The molecule has 7 nitrogen and oxygen atoms in total. The maximum absolute atomic E-state index is 13.1. The number of hydrogen-bond acceptors (Lipinski definition) is 4. The molecule has 0 aliphatic heterocycles. The van der Waals surface area contributed by atoms with E-state index in [0.717, 1.165) is 22.5 Å². The number of benzene rings is 3. The minimum atomic E-state index is -0.344. The standard InChI is InChI=1S/C28H28N4O3/c1-21-13-15-23(16-14-21)27(34)31(17-18-35-2)20-26(33)30-28-29-25(22-9-5-3-6-10-22)19-32(28)24-11-7-4-8-12-24/h3-16,19H,17-18,20H2,1-2H3,(H,29,30,33). The summed E-state index contributed by atoms with van der Waals surface area (Å²) in [7, 11) is 1.57. The van der Waals surface area contributed by atoms with E-state index >= 15 is 0 Å². The lowest BCUT2D eigenvalue weighted by Crippen LogP contribution is -2.40. The van der Waals surface area contributed by atoms with Gasteiger partial charge in [0, 0.05) is 36.7 Å². The van der Waals surface area contributed by atoms with Crippen molar-refractivity contribution in [2.24, 2.45) is 0 Å². The van der Waals surface area contributed by atoms with Crippen molar-refractivity contribution < 1.29 is 14.3 Å². The van der Waals surface area contributed by atoms with Crippen LogP contribution < -0.4 is 5.32 Å². The van der Waals surface area contributed by atoms with Crippen molar-refractivity contribution in [3.8, 4) is 16.9 Å². The van der Waals surface area contributed by atoms with Crippen LogP contribution in [0.1, 0.15) is 15.9 Å². The van der Waals surface area contributed by atoms with Crippen LogP contribution in [0.3, 0.4) is 0 Å². The number of carbonyl (C=O) groups excluding carboxylic acids is 2. The van der Waals surface area contributed by atoms with E-state index in [-0.39, 0.29) is 18.4 Å². The Morgan fingerprint density at radius 1 is 0.943 bits per heavy atom. The molecule has 0 aliphatic rings. The molecule has 0 bridgehead atoms. The number of imidazole rings is 1. The molecule has 0 saturated heterocycles. The highest BCUT2D eigenvalue weighted by Crippen LogP contribution is 2.24. The fourth-order valence-electron chi connectivity index (χ4n) is 3.67. The number of aryl methyl sites for hydroxylation is 1. The summed E-state index contributed by atoms with van der Waals surface area (Å²) in [5, 5.41) is 2.90. The third-order valence-electron chi connectivity index (χ3n) is 5.55. The summed E-state index contributed by atoms with van der Waals surface area (Å²) in [4.78, 5) is 32.4. The topological polar surface area (TPSA) is 76.5 Å². The number of amides is 2. The van der Waals surface area contributed by atoms with Gasteiger partial charge in [-0.1, -0.05) is 66.2 Å². The lowest BCUT2D eigenvalue weighted by molar-refractivity contribution is -0.117. The summed E-state index contributed by atoms with van der Waals surface area (Å²) < 4.78 is 7.00. The van der Waals surface area contributed by atoms with E-state index in [1.54, 1.807) is 19.2 Å². The Balaban J connectivity index is 1.58. The van der Waals surface area contributed by atoms with Crippen molar-refractivity contribution in [2.75, 3.05) is 32.1 Å². The monoisotopic (exact) mass is 468 g/mol. The van der Waals surface area contributed by atoms with E-state index in [1.165, 1.54) is 4.90 Å². The number of aromatic nitrogens is 2. The number of methoxy groups -OCH3 is 1. The predicted octanol–water partition coefficient (Wildman–Crippen LogP) is 4.58. The average molecular weight is 469 g/mol. The predicted molar refractivity (Wildman–Crippen MR) is 137 cm³/mol. The molecule has 1 aromatic heterocycles. The van der Waals surface area contributed by atoms with Gasteiger partial charge in [0.05, 0.1) is 12.3 Å². The molecule has 0 aliphatic carbocycles. The molecule has 4 aromatic rings. The van der Waals surface area contributed by atoms with Gasteiger partial charge in [0.2, 0.25) is 11.9 Å². The molecule has 0 unspecified atom stereocenters. The van der Waals surface area contributed by atoms with Crippen LogP contribution in [-0.2, 0) is 9.53 Å². The van der Waals surface area contributed by atoms with Gasteiger partial charge in [-0.25, -0.2) is 4.98 Å². The van der Waals surface area contributed by atoms with Crippen LogP contribution in [0.15, 0.2) is 91.1 Å². The maximum Gasteiger partial charge on any atom is 0.254 e. The van der Waals surface area contributed by atoms with Gasteiger partial charge < -0.3 is 9.64 Å².